The van der Waals surface area contributed by atoms with Gasteiger partial charge in [-0.05, 0) is 0 Å². The zero-order valence-corrected chi connectivity index (χ0v) is 9.14. The molecule has 1 unspecified atom stereocenters. The molecule has 1 aliphatic heterocycles. The molecule has 7 heteroatoms. The number of carbonyl (C=O) groups is 1. The van der Waals surface area contributed by atoms with Gasteiger partial charge in [-0.15, -0.1) is 10.2 Å². The fourth-order valence-electron chi connectivity index (χ4n) is 1.79. The van der Waals surface area contributed by atoms with Crippen LogP contribution in [0.15, 0.2) is 4.42 Å². The summed E-state index contributed by atoms with van der Waals surface area (Å²) in [6, 6.07) is -0.305. The van der Waals surface area contributed by atoms with E-state index in [1.165, 1.54) is 0 Å². The highest BCUT2D eigenvalue weighted by Gasteiger charge is 2.27. The lowest BCUT2D eigenvalue weighted by atomic mass is 10.2. The molecule has 0 aliphatic carbocycles. The third-order valence-corrected chi connectivity index (χ3v) is 2.59. The third-order valence-electron chi connectivity index (χ3n) is 2.59. The first-order valence-electron chi connectivity index (χ1n) is 5.20. The second-order valence-corrected chi connectivity index (χ2v) is 3.81. The van der Waals surface area contributed by atoms with Crippen LogP contribution in [0, 0.1) is 6.92 Å². The van der Waals surface area contributed by atoms with Crippen molar-refractivity contribution in [3.8, 4) is 0 Å². The minimum atomic E-state index is -0.330. The number of primary amides is 1. The molecule has 1 saturated heterocycles. The highest BCUT2D eigenvalue weighted by molar-refractivity contribution is 5.80. The summed E-state index contributed by atoms with van der Waals surface area (Å²) in [7, 11) is 0. The second-order valence-electron chi connectivity index (χ2n) is 3.81. The normalized spacial score (nSPS) is 22.2. The predicted molar refractivity (Wildman–Crippen MR) is 55.3 cm³/mol. The van der Waals surface area contributed by atoms with Crippen LogP contribution in [0.2, 0.25) is 0 Å². The smallest absolute Gasteiger partial charge is 0.236 e. The summed E-state index contributed by atoms with van der Waals surface area (Å²) in [5.74, 6) is 0.717. The maximum absolute atomic E-state index is 11.2. The number of aromatic nitrogens is 2. The number of carbonyl (C=O) groups excluding carboxylic acids is 1. The molecule has 1 aliphatic rings. The number of nitrogens with one attached hydrogen (secondary N) is 1. The van der Waals surface area contributed by atoms with Crippen LogP contribution in [0.3, 0.4) is 0 Å². The molecular weight excluding hydrogens is 210 g/mol. The van der Waals surface area contributed by atoms with Gasteiger partial charge in [0.05, 0.1) is 6.54 Å². The Labute approximate surface area is 93.0 Å². The highest BCUT2D eigenvalue weighted by atomic mass is 16.4. The number of amides is 1. The molecule has 0 radical (unpaired) electrons. The SMILES string of the molecule is Cc1nnc(CN2CCNCC2C(N)=O)o1. The highest BCUT2D eigenvalue weighted by Crippen LogP contribution is 2.09. The molecule has 0 saturated carbocycles. The molecule has 0 spiro atoms. The van der Waals surface area contributed by atoms with Gasteiger partial charge in [0.2, 0.25) is 17.7 Å². The van der Waals surface area contributed by atoms with Gasteiger partial charge in [0.25, 0.3) is 0 Å². The van der Waals surface area contributed by atoms with Crippen LogP contribution in [0.25, 0.3) is 0 Å². The van der Waals surface area contributed by atoms with E-state index in [-0.39, 0.29) is 11.9 Å². The van der Waals surface area contributed by atoms with Crippen molar-refractivity contribution in [2.75, 3.05) is 19.6 Å². The summed E-state index contributed by atoms with van der Waals surface area (Å²) in [5.41, 5.74) is 5.33. The Hall–Kier alpha value is -1.47. The van der Waals surface area contributed by atoms with Crippen molar-refractivity contribution in [2.24, 2.45) is 5.73 Å². The fourth-order valence-corrected chi connectivity index (χ4v) is 1.79. The van der Waals surface area contributed by atoms with Gasteiger partial charge >= 0.3 is 0 Å². The van der Waals surface area contributed by atoms with Gasteiger partial charge < -0.3 is 15.5 Å². The van der Waals surface area contributed by atoms with E-state index in [4.69, 9.17) is 10.2 Å². The van der Waals surface area contributed by atoms with Crippen LogP contribution < -0.4 is 11.1 Å². The molecule has 1 amide bonds. The molecule has 1 fully saturated rings. The van der Waals surface area contributed by atoms with E-state index in [1.54, 1.807) is 6.92 Å². The molecule has 1 aromatic rings. The van der Waals surface area contributed by atoms with E-state index in [1.807, 2.05) is 4.90 Å². The molecule has 0 bridgehead atoms. The maximum Gasteiger partial charge on any atom is 0.236 e. The Morgan fingerprint density at radius 2 is 2.50 bits per heavy atom. The summed E-state index contributed by atoms with van der Waals surface area (Å²) < 4.78 is 5.28. The monoisotopic (exact) mass is 225 g/mol. The van der Waals surface area contributed by atoms with Crippen molar-refractivity contribution in [3.05, 3.63) is 11.8 Å². The molecule has 3 N–H and O–H groups in total. The lowest BCUT2D eigenvalue weighted by Crippen LogP contribution is -2.56. The standard InChI is InChI=1S/C9H15N5O2/c1-6-12-13-8(16-6)5-14-3-2-11-4-7(14)9(10)15/h7,11H,2-5H2,1H3,(H2,10,15). The first-order chi connectivity index (χ1) is 7.66. The minimum Gasteiger partial charge on any atom is -0.424 e. The van der Waals surface area contributed by atoms with Crippen LogP contribution in [0.5, 0.6) is 0 Å². The first kappa shape index (κ1) is 11.0. The zero-order valence-electron chi connectivity index (χ0n) is 9.14. The average Bonchev–Trinajstić information content (AvgIpc) is 2.64. The van der Waals surface area contributed by atoms with Crippen LogP contribution >= 0.6 is 0 Å². The van der Waals surface area contributed by atoms with Gasteiger partial charge in [0.15, 0.2) is 0 Å². The molecular formula is C9H15N5O2. The Morgan fingerprint density at radius 3 is 3.12 bits per heavy atom. The van der Waals surface area contributed by atoms with Gasteiger partial charge in [0, 0.05) is 26.6 Å². The number of hydrogen-bond donors (Lipinski definition) is 2. The molecule has 0 aromatic carbocycles. The summed E-state index contributed by atoms with van der Waals surface area (Å²) in [5, 5.41) is 10.8. The van der Waals surface area contributed by atoms with Crippen molar-refractivity contribution in [1.82, 2.24) is 20.4 Å². The number of hydrogen-bond acceptors (Lipinski definition) is 6. The summed E-state index contributed by atoms with van der Waals surface area (Å²) in [4.78, 5) is 13.2. The summed E-state index contributed by atoms with van der Waals surface area (Å²) in [6.07, 6.45) is 0. The average molecular weight is 225 g/mol. The van der Waals surface area contributed by atoms with Crippen LogP contribution in [-0.2, 0) is 11.3 Å². The van der Waals surface area contributed by atoms with Crippen molar-refractivity contribution in [1.29, 1.82) is 0 Å². The van der Waals surface area contributed by atoms with Gasteiger partial charge in [-0.1, -0.05) is 0 Å². The number of rotatable bonds is 3. The summed E-state index contributed by atoms with van der Waals surface area (Å²) in [6.45, 7) is 4.35. The second kappa shape index (κ2) is 4.58. The van der Waals surface area contributed by atoms with E-state index >= 15 is 0 Å². The molecule has 1 atom stereocenters. The number of piperazine rings is 1. The lowest BCUT2D eigenvalue weighted by Gasteiger charge is -2.32. The van der Waals surface area contributed by atoms with Crippen LogP contribution in [-0.4, -0.2) is 46.7 Å². The first-order valence-corrected chi connectivity index (χ1v) is 5.20. The molecule has 88 valence electrons. The van der Waals surface area contributed by atoms with Gasteiger partial charge in [-0.2, -0.15) is 0 Å². The number of nitrogens with zero attached hydrogens (tertiary/aromatic N) is 3. The van der Waals surface area contributed by atoms with Crippen molar-refractivity contribution < 1.29 is 9.21 Å². The van der Waals surface area contributed by atoms with Crippen molar-refractivity contribution in [2.45, 2.75) is 19.5 Å². The van der Waals surface area contributed by atoms with E-state index < -0.39 is 0 Å². The maximum atomic E-state index is 11.2. The molecule has 16 heavy (non-hydrogen) atoms. The molecule has 2 rings (SSSR count). The topological polar surface area (TPSA) is 97.3 Å². The Bertz CT molecular complexity index is 378. The fraction of sp³-hybridized carbons (Fsp3) is 0.667. The quantitative estimate of drug-likeness (QED) is 0.659. The van der Waals surface area contributed by atoms with Crippen molar-refractivity contribution in [3.63, 3.8) is 0 Å². The summed E-state index contributed by atoms with van der Waals surface area (Å²) >= 11 is 0. The van der Waals surface area contributed by atoms with E-state index in [0.29, 0.717) is 24.9 Å². The van der Waals surface area contributed by atoms with Gasteiger partial charge in [-0.3, -0.25) is 9.69 Å². The van der Waals surface area contributed by atoms with Crippen LogP contribution in [0.4, 0.5) is 0 Å². The Balaban J connectivity index is 2.03. The predicted octanol–water partition coefficient (Wildman–Crippen LogP) is -1.36. The van der Waals surface area contributed by atoms with E-state index in [9.17, 15) is 4.79 Å². The molecule has 2 heterocycles. The Morgan fingerprint density at radius 1 is 1.69 bits per heavy atom. The third kappa shape index (κ3) is 2.37. The van der Waals surface area contributed by atoms with E-state index in [2.05, 4.69) is 15.5 Å². The lowest BCUT2D eigenvalue weighted by molar-refractivity contribution is -0.124. The minimum absolute atomic E-state index is 0.305. The zero-order chi connectivity index (χ0) is 11.5. The number of nitrogens with two attached hydrogens (primary N) is 1. The Kier molecular flexibility index (Phi) is 3.16. The van der Waals surface area contributed by atoms with Gasteiger partial charge in [-0.25, -0.2) is 0 Å². The van der Waals surface area contributed by atoms with Crippen LogP contribution in [0.1, 0.15) is 11.8 Å². The van der Waals surface area contributed by atoms with E-state index in [0.717, 1.165) is 13.1 Å². The molecule has 1 aromatic heterocycles. The van der Waals surface area contributed by atoms with Gasteiger partial charge in [0.1, 0.15) is 6.04 Å². The largest absolute Gasteiger partial charge is 0.424 e. The molecule has 7 nitrogen and oxygen atoms in total. The van der Waals surface area contributed by atoms with Crippen molar-refractivity contribution >= 4 is 5.91 Å². The number of aryl methyl sites for hydroxylation is 1.